The highest BCUT2D eigenvalue weighted by molar-refractivity contribution is 5.70. The summed E-state index contributed by atoms with van der Waals surface area (Å²) in [6, 6.07) is 11.7. The molecule has 128 valence electrons. The normalized spacial score (nSPS) is 10.7. The Labute approximate surface area is 150 Å². The van der Waals surface area contributed by atoms with Gasteiger partial charge in [-0.2, -0.15) is 0 Å². The zero-order valence-corrected chi connectivity index (χ0v) is 15.3. The van der Waals surface area contributed by atoms with E-state index in [-0.39, 0.29) is 11.8 Å². The Morgan fingerprint density at radius 2 is 1.80 bits per heavy atom. The van der Waals surface area contributed by atoms with E-state index in [0.29, 0.717) is 0 Å². The highest BCUT2D eigenvalue weighted by Gasteiger charge is 2.16. The maximum absolute atomic E-state index is 10.7. The molecule has 0 aromatic heterocycles. The van der Waals surface area contributed by atoms with Gasteiger partial charge >= 0.3 is 5.97 Å². The SMILES string of the molecule is C=Cc1cc(C(C)(C)C)cc(C#Cc2ccc(CC(=O)O)cc2)c1C. The van der Waals surface area contributed by atoms with Crippen LogP contribution < -0.4 is 0 Å². The Morgan fingerprint density at radius 1 is 1.16 bits per heavy atom. The summed E-state index contributed by atoms with van der Waals surface area (Å²) in [5.41, 5.74) is 6.14. The highest BCUT2D eigenvalue weighted by atomic mass is 16.4. The van der Waals surface area contributed by atoms with E-state index < -0.39 is 5.97 Å². The Bertz CT molecular complexity index is 854. The minimum absolute atomic E-state index is 0.0309. The van der Waals surface area contributed by atoms with Crippen LogP contribution in [0.2, 0.25) is 0 Å². The first-order valence-electron chi connectivity index (χ1n) is 8.31. The van der Waals surface area contributed by atoms with Crippen LogP contribution >= 0.6 is 0 Å². The van der Waals surface area contributed by atoms with Crippen molar-refractivity contribution in [3.63, 3.8) is 0 Å². The fourth-order valence-electron chi connectivity index (χ4n) is 2.53. The highest BCUT2D eigenvalue weighted by Crippen LogP contribution is 2.27. The third-order valence-corrected chi connectivity index (χ3v) is 4.18. The van der Waals surface area contributed by atoms with Gasteiger partial charge in [0.2, 0.25) is 0 Å². The van der Waals surface area contributed by atoms with Crippen molar-refractivity contribution in [2.24, 2.45) is 0 Å². The molecule has 2 rings (SSSR count). The predicted octanol–water partition coefficient (Wildman–Crippen LogP) is 4.96. The fraction of sp³-hybridized carbons (Fsp3) is 0.261. The van der Waals surface area contributed by atoms with Crippen LogP contribution in [-0.2, 0) is 16.6 Å². The topological polar surface area (TPSA) is 37.3 Å². The quantitative estimate of drug-likeness (QED) is 0.806. The lowest BCUT2D eigenvalue weighted by Crippen LogP contribution is -2.12. The maximum atomic E-state index is 10.7. The molecule has 0 aliphatic carbocycles. The van der Waals surface area contributed by atoms with Gasteiger partial charge in [-0.15, -0.1) is 0 Å². The molecule has 0 saturated carbocycles. The lowest BCUT2D eigenvalue weighted by molar-refractivity contribution is -0.136. The van der Waals surface area contributed by atoms with E-state index in [9.17, 15) is 4.79 Å². The van der Waals surface area contributed by atoms with E-state index in [1.165, 1.54) is 5.56 Å². The lowest BCUT2D eigenvalue weighted by atomic mass is 9.83. The summed E-state index contributed by atoms with van der Waals surface area (Å²) in [6.07, 6.45) is 1.90. The maximum Gasteiger partial charge on any atom is 0.307 e. The van der Waals surface area contributed by atoms with E-state index in [1.54, 1.807) is 0 Å². The summed E-state index contributed by atoms with van der Waals surface area (Å²) in [5, 5.41) is 8.82. The summed E-state index contributed by atoms with van der Waals surface area (Å²) < 4.78 is 0. The van der Waals surface area contributed by atoms with E-state index >= 15 is 0 Å². The summed E-state index contributed by atoms with van der Waals surface area (Å²) in [5.74, 6) is 5.61. The summed E-state index contributed by atoms with van der Waals surface area (Å²) >= 11 is 0. The van der Waals surface area contributed by atoms with E-state index in [2.05, 4.69) is 58.2 Å². The van der Waals surface area contributed by atoms with Gasteiger partial charge in [-0.25, -0.2) is 0 Å². The number of carboxylic acid groups (broad SMARTS) is 1. The molecule has 0 saturated heterocycles. The van der Waals surface area contributed by atoms with Gasteiger partial charge in [0, 0.05) is 11.1 Å². The van der Waals surface area contributed by atoms with Crippen molar-refractivity contribution in [3.8, 4) is 11.8 Å². The molecular weight excluding hydrogens is 308 g/mol. The predicted molar refractivity (Wildman–Crippen MR) is 104 cm³/mol. The summed E-state index contributed by atoms with van der Waals surface area (Å²) in [4.78, 5) is 10.7. The number of benzene rings is 2. The van der Waals surface area contributed by atoms with Crippen molar-refractivity contribution in [3.05, 3.63) is 76.4 Å². The van der Waals surface area contributed by atoms with Gasteiger partial charge in [0.25, 0.3) is 0 Å². The zero-order valence-electron chi connectivity index (χ0n) is 15.3. The molecule has 0 aliphatic rings. The molecule has 0 amide bonds. The molecule has 0 spiro atoms. The van der Waals surface area contributed by atoms with Gasteiger partial charge in [0.1, 0.15) is 0 Å². The number of carboxylic acids is 1. The Morgan fingerprint density at radius 3 is 2.32 bits per heavy atom. The number of hydrogen-bond acceptors (Lipinski definition) is 1. The monoisotopic (exact) mass is 332 g/mol. The molecule has 2 aromatic rings. The first kappa shape index (κ1) is 18.5. The van der Waals surface area contributed by atoms with Crippen molar-refractivity contribution in [1.29, 1.82) is 0 Å². The average molecular weight is 332 g/mol. The molecular formula is C23H24O2. The standard InChI is InChI=1S/C23H24O2/c1-6-19-14-21(23(3,4)5)15-20(16(19)2)12-11-17-7-9-18(10-8-17)13-22(24)25/h6-10,14-15H,1,13H2,2-5H3,(H,24,25). The molecule has 0 bridgehead atoms. The minimum atomic E-state index is -0.828. The summed E-state index contributed by atoms with van der Waals surface area (Å²) in [7, 11) is 0. The Hall–Kier alpha value is -2.79. The first-order valence-corrected chi connectivity index (χ1v) is 8.31. The van der Waals surface area contributed by atoms with Crippen molar-refractivity contribution >= 4 is 12.0 Å². The van der Waals surface area contributed by atoms with E-state index in [4.69, 9.17) is 5.11 Å². The molecule has 1 N–H and O–H groups in total. The second-order valence-electron chi connectivity index (χ2n) is 7.21. The number of rotatable bonds is 3. The number of carbonyl (C=O) groups is 1. The third kappa shape index (κ3) is 4.84. The Balaban J connectivity index is 2.39. The smallest absolute Gasteiger partial charge is 0.307 e. The van der Waals surface area contributed by atoms with Crippen LogP contribution in [-0.4, -0.2) is 11.1 Å². The largest absolute Gasteiger partial charge is 0.481 e. The molecule has 0 heterocycles. The van der Waals surface area contributed by atoms with Crippen LogP contribution in [0.5, 0.6) is 0 Å². The van der Waals surface area contributed by atoms with Gasteiger partial charge in [0.05, 0.1) is 6.42 Å². The third-order valence-electron chi connectivity index (χ3n) is 4.18. The number of hydrogen-bond donors (Lipinski definition) is 1. The molecule has 0 radical (unpaired) electrons. The minimum Gasteiger partial charge on any atom is -0.481 e. The Kier molecular flexibility index (Phi) is 5.49. The van der Waals surface area contributed by atoms with Gasteiger partial charge in [-0.3, -0.25) is 4.79 Å². The second kappa shape index (κ2) is 7.40. The average Bonchev–Trinajstić information content (AvgIpc) is 2.53. The molecule has 0 aliphatic heterocycles. The van der Waals surface area contributed by atoms with Crippen LogP contribution in [0.4, 0.5) is 0 Å². The van der Waals surface area contributed by atoms with Crippen molar-refractivity contribution in [2.45, 2.75) is 39.5 Å². The molecule has 2 nitrogen and oxygen atoms in total. The molecule has 2 aromatic carbocycles. The van der Waals surface area contributed by atoms with Crippen LogP contribution in [0, 0.1) is 18.8 Å². The van der Waals surface area contributed by atoms with Gasteiger partial charge in [-0.1, -0.05) is 63.5 Å². The van der Waals surface area contributed by atoms with Crippen molar-refractivity contribution in [1.82, 2.24) is 0 Å². The van der Waals surface area contributed by atoms with Crippen LogP contribution in [0.25, 0.3) is 6.08 Å². The van der Waals surface area contributed by atoms with Crippen LogP contribution in [0.3, 0.4) is 0 Å². The molecule has 2 heteroatoms. The van der Waals surface area contributed by atoms with Crippen molar-refractivity contribution < 1.29 is 9.90 Å². The van der Waals surface area contributed by atoms with Gasteiger partial charge in [-0.05, 0) is 52.8 Å². The van der Waals surface area contributed by atoms with Gasteiger partial charge in [0.15, 0.2) is 0 Å². The van der Waals surface area contributed by atoms with Crippen LogP contribution in [0.1, 0.15) is 54.2 Å². The summed E-state index contributed by atoms with van der Waals surface area (Å²) in [6.45, 7) is 12.5. The molecule has 0 unspecified atom stereocenters. The number of aliphatic carboxylic acids is 1. The fourth-order valence-corrected chi connectivity index (χ4v) is 2.53. The first-order chi connectivity index (χ1) is 11.7. The van der Waals surface area contributed by atoms with E-state index in [1.807, 2.05) is 30.3 Å². The molecule has 0 fully saturated rings. The molecule has 0 atom stereocenters. The van der Waals surface area contributed by atoms with Crippen LogP contribution in [0.15, 0.2) is 43.0 Å². The van der Waals surface area contributed by atoms with Gasteiger partial charge < -0.3 is 5.11 Å². The zero-order chi connectivity index (χ0) is 18.6. The van der Waals surface area contributed by atoms with Crippen molar-refractivity contribution in [2.75, 3.05) is 0 Å². The lowest BCUT2D eigenvalue weighted by Gasteiger charge is -2.21. The second-order valence-corrected chi connectivity index (χ2v) is 7.21. The molecule has 25 heavy (non-hydrogen) atoms. The van der Waals surface area contributed by atoms with E-state index in [0.717, 1.165) is 27.8 Å².